The Morgan fingerprint density at radius 3 is 2.80 bits per heavy atom. The van der Waals surface area contributed by atoms with Crippen LogP contribution in [0.25, 0.3) is 0 Å². The van der Waals surface area contributed by atoms with Crippen molar-refractivity contribution < 1.29 is 28.1 Å². The summed E-state index contributed by atoms with van der Waals surface area (Å²) in [7, 11) is 0. The molecule has 0 spiro atoms. The highest BCUT2D eigenvalue weighted by atomic mass is 19.1. The number of hydrogen-bond donors (Lipinski definition) is 0. The average molecular weight is 562 g/mol. The van der Waals surface area contributed by atoms with Gasteiger partial charge in [-0.25, -0.2) is 4.39 Å². The van der Waals surface area contributed by atoms with Crippen LogP contribution >= 0.6 is 0 Å². The average Bonchev–Trinajstić information content (AvgIpc) is 3.54. The lowest BCUT2D eigenvalue weighted by Gasteiger charge is -2.46. The molecule has 1 saturated carbocycles. The second-order valence-electron chi connectivity index (χ2n) is 13.1. The molecule has 0 bridgehead atoms. The van der Waals surface area contributed by atoms with E-state index in [1.165, 1.54) is 24.8 Å². The monoisotopic (exact) mass is 561 g/mol. The van der Waals surface area contributed by atoms with Crippen LogP contribution in [-0.4, -0.2) is 50.0 Å². The van der Waals surface area contributed by atoms with E-state index < -0.39 is 0 Å². The van der Waals surface area contributed by atoms with Crippen LogP contribution in [0.3, 0.4) is 0 Å². The Kier molecular flexibility index (Phi) is 6.96. The molecule has 6 nitrogen and oxygen atoms in total. The number of carbonyl (C=O) groups is 1. The lowest BCUT2D eigenvalue weighted by atomic mass is 9.59. The Bertz CT molecular complexity index is 1340. The van der Waals surface area contributed by atoms with Gasteiger partial charge in [0, 0.05) is 31.0 Å². The van der Waals surface area contributed by atoms with E-state index in [1.807, 2.05) is 30.3 Å². The Morgan fingerprint density at radius 2 is 1.95 bits per heavy atom. The van der Waals surface area contributed by atoms with E-state index in [4.69, 9.17) is 18.9 Å². The molecule has 6 atom stereocenters. The van der Waals surface area contributed by atoms with Crippen molar-refractivity contribution in [2.24, 2.45) is 23.2 Å². The van der Waals surface area contributed by atoms with Crippen LogP contribution in [0.5, 0.6) is 17.2 Å². The summed E-state index contributed by atoms with van der Waals surface area (Å²) in [4.78, 5) is 15.7. The summed E-state index contributed by atoms with van der Waals surface area (Å²) in [6, 6.07) is 12.6. The van der Waals surface area contributed by atoms with E-state index >= 15 is 0 Å². The SMILES string of the molecule is CC1=C2C[C@@H]3[C@H](CN4CC[C@H](c5ccc(F)cc5)[C@@H](COc5ccc6c(c5)OCO6)C4)C(=O)O[C@@H]3C[C@@]2(C)CCC1. The second kappa shape index (κ2) is 10.6. The number of ether oxygens (including phenoxy) is 4. The topological polar surface area (TPSA) is 57.2 Å². The van der Waals surface area contributed by atoms with Crippen molar-refractivity contribution in [1.82, 2.24) is 4.90 Å². The maximum Gasteiger partial charge on any atom is 0.310 e. The Labute approximate surface area is 241 Å². The molecule has 218 valence electrons. The summed E-state index contributed by atoms with van der Waals surface area (Å²) in [5, 5.41) is 0. The molecule has 7 rings (SSSR count). The number of likely N-dealkylation sites (tertiary alicyclic amines) is 1. The molecule has 0 unspecified atom stereocenters. The number of esters is 1. The van der Waals surface area contributed by atoms with Crippen LogP contribution in [0.2, 0.25) is 0 Å². The van der Waals surface area contributed by atoms with Crippen molar-refractivity contribution in [1.29, 1.82) is 0 Å². The highest BCUT2D eigenvalue weighted by Gasteiger charge is 2.53. The van der Waals surface area contributed by atoms with Gasteiger partial charge in [-0.15, -0.1) is 0 Å². The largest absolute Gasteiger partial charge is 0.493 e. The third-order valence-corrected chi connectivity index (χ3v) is 10.6. The van der Waals surface area contributed by atoms with Gasteiger partial charge in [-0.3, -0.25) is 4.79 Å². The van der Waals surface area contributed by atoms with E-state index in [0.717, 1.165) is 56.0 Å². The van der Waals surface area contributed by atoms with E-state index in [1.54, 1.807) is 17.7 Å². The van der Waals surface area contributed by atoms with E-state index in [2.05, 4.69) is 18.7 Å². The van der Waals surface area contributed by atoms with Gasteiger partial charge in [0.05, 0.1) is 12.5 Å². The quantitative estimate of drug-likeness (QED) is 0.297. The minimum absolute atomic E-state index is 0.0192. The summed E-state index contributed by atoms with van der Waals surface area (Å²) in [6.07, 6.45) is 6.54. The molecule has 2 aliphatic carbocycles. The van der Waals surface area contributed by atoms with E-state index in [9.17, 15) is 9.18 Å². The highest BCUT2D eigenvalue weighted by Crippen LogP contribution is 2.55. The van der Waals surface area contributed by atoms with E-state index in [0.29, 0.717) is 12.4 Å². The Balaban J connectivity index is 1.07. The van der Waals surface area contributed by atoms with E-state index in [-0.39, 0.29) is 53.8 Å². The molecular formula is C34H40FNO5. The molecule has 5 aliphatic rings. The first-order valence-corrected chi connectivity index (χ1v) is 15.3. The summed E-state index contributed by atoms with van der Waals surface area (Å²) < 4.78 is 37.1. The van der Waals surface area contributed by atoms with Crippen LogP contribution in [-0.2, 0) is 9.53 Å². The predicted octanol–water partition coefficient (Wildman–Crippen LogP) is 6.50. The molecule has 0 aromatic heterocycles. The smallest absolute Gasteiger partial charge is 0.310 e. The predicted molar refractivity (Wildman–Crippen MR) is 152 cm³/mol. The number of rotatable bonds is 6. The van der Waals surface area contributed by atoms with Crippen LogP contribution < -0.4 is 14.2 Å². The minimum Gasteiger partial charge on any atom is -0.493 e. The molecule has 41 heavy (non-hydrogen) atoms. The first kappa shape index (κ1) is 26.8. The zero-order chi connectivity index (χ0) is 28.1. The molecule has 2 saturated heterocycles. The molecule has 0 radical (unpaired) electrons. The molecule has 3 heterocycles. The van der Waals surface area contributed by atoms with Crippen molar-refractivity contribution in [2.75, 3.05) is 33.0 Å². The van der Waals surface area contributed by atoms with Crippen molar-refractivity contribution in [3.63, 3.8) is 0 Å². The zero-order valence-corrected chi connectivity index (χ0v) is 24.1. The number of halogens is 1. The number of fused-ring (bicyclic) bond motifs is 3. The molecule has 0 amide bonds. The number of hydrogen-bond acceptors (Lipinski definition) is 6. The fraction of sp³-hybridized carbons (Fsp3) is 0.559. The third kappa shape index (κ3) is 5.11. The number of allylic oxidation sites excluding steroid dienone is 2. The summed E-state index contributed by atoms with van der Waals surface area (Å²) >= 11 is 0. The zero-order valence-electron chi connectivity index (χ0n) is 24.1. The lowest BCUT2D eigenvalue weighted by molar-refractivity contribution is -0.145. The molecular weight excluding hydrogens is 521 g/mol. The van der Waals surface area contributed by atoms with Crippen LogP contribution in [0, 0.1) is 29.0 Å². The normalized spacial score (nSPS) is 32.9. The molecule has 2 aromatic rings. The van der Waals surface area contributed by atoms with Gasteiger partial charge >= 0.3 is 5.97 Å². The Morgan fingerprint density at radius 1 is 1.12 bits per heavy atom. The van der Waals surface area contributed by atoms with Crippen molar-refractivity contribution >= 4 is 5.97 Å². The van der Waals surface area contributed by atoms with Crippen molar-refractivity contribution in [3.05, 3.63) is 65.0 Å². The summed E-state index contributed by atoms with van der Waals surface area (Å²) in [5.74, 6) is 2.53. The summed E-state index contributed by atoms with van der Waals surface area (Å²) in [5.41, 5.74) is 4.45. The number of piperidine rings is 1. The number of carbonyl (C=O) groups excluding carboxylic acids is 1. The number of benzene rings is 2. The molecule has 7 heteroatoms. The fourth-order valence-corrected chi connectivity index (χ4v) is 8.36. The van der Waals surface area contributed by atoms with Gasteiger partial charge in [-0.2, -0.15) is 0 Å². The van der Waals surface area contributed by atoms with Crippen molar-refractivity contribution in [3.8, 4) is 17.2 Å². The molecule has 3 fully saturated rings. The summed E-state index contributed by atoms with van der Waals surface area (Å²) in [6.45, 7) is 7.85. The van der Waals surface area contributed by atoms with Gasteiger partial charge in [0.2, 0.25) is 6.79 Å². The standard InChI is InChI=1S/C34H40FNO5/c1-21-4-3-12-34(2)16-32-27(15-29(21)34)28(33(37)41-32)18-36-13-11-26(22-5-7-24(35)8-6-22)23(17-36)19-38-25-9-10-30-31(14-25)40-20-39-30/h5-10,14,23,26-28,32H,3-4,11-13,15-20H2,1-2H3/t23-,26-,27-,28+,32-,34-/m1/s1. The second-order valence-corrected chi connectivity index (χ2v) is 13.1. The number of nitrogens with zero attached hydrogens (tertiary/aromatic N) is 1. The third-order valence-electron chi connectivity index (χ3n) is 10.6. The van der Waals surface area contributed by atoms with Gasteiger partial charge in [-0.05, 0) is 93.2 Å². The Hall–Kier alpha value is -3.06. The van der Waals surface area contributed by atoms with Crippen LogP contribution in [0.15, 0.2) is 53.6 Å². The van der Waals surface area contributed by atoms with Crippen LogP contribution in [0.1, 0.15) is 63.9 Å². The maximum atomic E-state index is 13.7. The molecule has 2 aromatic carbocycles. The molecule has 0 N–H and O–H groups in total. The van der Waals surface area contributed by atoms with Crippen LogP contribution in [0.4, 0.5) is 4.39 Å². The van der Waals surface area contributed by atoms with Gasteiger partial charge in [-0.1, -0.05) is 30.2 Å². The first-order chi connectivity index (χ1) is 19.9. The van der Waals surface area contributed by atoms with Gasteiger partial charge in [0.1, 0.15) is 17.7 Å². The van der Waals surface area contributed by atoms with Gasteiger partial charge < -0.3 is 23.8 Å². The fourth-order valence-electron chi connectivity index (χ4n) is 8.36. The lowest BCUT2D eigenvalue weighted by Crippen LogP contribution is -2.46. The van der Waals surface area contributed by atoms with Gasteiger partial charge in [0.25, 0.3) is 0 Å². The maximum absolute atomic E-state index is 13.7. The first-order valence-electron chi connectivity index (χ1n) is 15.3. The highest BCUT2D eigenvalue weighted by molar-refractivity contribution is 5.76. The minimum atomic E-state index is -0.222. The molecule has 3 aliphatic heterocycles. The van der Waals surface area contributed by atoms with Crippen molar-refractivity contribution in [2.45, 2.75) is 64.4 Å². The van der Waals surface area contributed by atoms with Gasteiger partial charge in [0.15, 0.2) is 11.5 Å².